The zero-order chi connectivity index (χ0) is 24.2. The minimum absolute atomic E-state index is 0.0578. The molecule has 1 saturated heterocycles. The second kappa shape index (κ2) is 7.95. The summed E-state index contributed by atoms with van der Waals surface area (Å²) < 4.78 is 71.0. The van der Waals surface area contributed by atoms with Crippen molar-refractivity contribution in [2.45, 2.75) is 23.9 Å². The number of likely N-dealkylation sites (tertiary alicyclic amines) is 1. The standard InChI is InChI=1S/C21H14Cl2F5N3O2/c22-14-5-13(6-15(23)18(14)24)20(21(26,27)28)7-16(30-33-20)11-1-3-12(4-2-11)19(25)9-31(10-19)17(32)8-29/h1-6,8,29H,7,9-10H2. The van der Waals surface area contributed by atoms with Gasteiger partial charge in [-0.2, -0.15) is 13.2 Å². The van der Waals surface area contributed by atoms with Gasteiger partial charge < -0.3 is 15.1 Å². The maximum Gasteiger partial charge on any atom is 0.435 e. The second-order valence-electron chi connectivity index (χ2n) is 7.77. The molecule has 1 atom stereocenters. The van der Waals surface area contributed by atoms with Crippen LogP contribution in [0.1, 0.15) is 23.1 Å². The third-order valence-corrected chi connectivity index (χ3v) is 6.24. The number of oxime groups is 1. The molecule has 174 valence electrons. The van der Waals surface area contributed by atoms with E-state index in [9.17, 15) is 26.7 Å². The molecule has 12 heteroatoms. The van der Waals surface area contributed by atoms with Gasteiger partial charge in [-0.15, -0.1) is 0 Å². The number of carbonyl (C=O) groups is 1. The summed E-state index contributed by atoms with van der Waals surface area (Å²) in [5.41, 5.74) is -4.81. The Morgan fingerprint density at radius 3 is 2.21 bits per heavy atom. The van der Waals surface area contributed by atoms with Crippen molar-refractivity contribution in [2.24, 2.45) is 5.16 Å². The van der Waals surface area contributed by atoms with Gasteiger partial charge >= 0.3 is 6.18 Å². The van der Waals surface area contributed by atoms with E-state index in [1.165, 1.54) is 24.3 Å². The summed E-state index contributed by atoms with van der Waals surface area (Å²) in [6.45, 7) is -0.457. The number of alkyl halides is 4. The van der Waals surface area contributed by atoms with E-state index in [1.54, 1.807) is 0 Å². The number of halogens is 7. The lowest BCUT2D eigenvalue weighted by Crippen LogP contribution is -2.59. The summed E-state index contributed by atoms with van der Waals surface area (Å²) in [5.74, 6) is -1.66. The van der Waals surface area contributed by atoms with Crippen LogP contribution in [-0.2, 0) is 20.9 Å². The van der Waals surface area contributed by atoms with Crippen LogP contribution in [0.15, 0.2) is 41.6 Å². The van der Waals surface area contributed by atoms with Gasteiger partial charge in [0, 0.05) is 12.0 Å². The maximum atomic E-state index is 15.0. The number of nitrogens with zero attached hydrogens (tertiary/aromatic N) is 2. The molecule has 0 bridgehead atoms. The lowest BCUT2D eigenvalue weighted by Gasteiger charge is -2.44. The van der Waals surface area contributed by atoms with Gasteiger partial charge in [-0.1, -0.05) is 52.6 Å². The van der Waals surface area contributed by atoms with Crippen molar-refractivity contribution in [3.05, 3.63) is 69.0 Å². The van der Waals surface area contributed by atoms with Crippen LogP contribution in [0.25, 0.3) is 0 Å². The number of benzene rings is 2. The molecule has 2 heterocycles. The van der Waals surface area contributed by atoms with E-state index in [0.29, 0.717) is 6.21 Å². The van der Waals surface area contributed by atoms with Gasteiger partial charge in [0.15, 0.2) is 11.5 Å². The van der Waals surface area contributed by atoms with E-state index in [4.69, 9.17) is 33.4 Å². The lowest BCUT2D eigenvalue weighted by molar-refractivity contribution is -0.275. The molecular formula is C21H14Cl2F5N3O2. The molecule has 0 aliphatic carbocycles. The smallest absolute Gasteiger partial charge is 0.374 e. The minimum Gasteiger partial charge on any atom is -0.374 e. The molecule has 4 rings (SSSR count). The Balaban J connectivity index is 1.58. The van der Waals surface area contributed by atoms with E-state index >= 15 is 0 Å². The number of hydrogen-bond donors (Lipinski definition) is 1. The fourth-order valence-electron chi connectivity index (χ4n) is 3.80. The van der Waals surface area contributed by atoms with Crippen molar-refractivity contribution in [3.8, 4) is 0 Å². The summed E-state index contributed by atoms with van der Waals surface area (Å²) in [5, 5.41) is 9.35. The Labute approximate surface area is 194 Å². The first-order valence-electron chi connectivity index (χ1n) is 9.46. The van der Waals surface area contributed by atoms with Crippen LogP contribution >= 0.6 is 23.2 Å². The van der Waals surface area contributed by atoms with Crippen LogP contribution in [0.3, 0.4) is 0 Å². The Morgan fingerprint density at radius 2 is 1.70 bits per heavy atom. The molecule has 1 unspecified atom stereocenters. The monoisotopic (exact) mass is 505 g/mol. The zero-order valence-corrected chi connectivity index (χ0v) is 18.0. The first-order valence-corrected chi connectivity index (χ1v) is 10.2. The Kier molecular flexibility index (Phi) is 5.65. The first kappa shape index (κ1) is 23.4. The molecule has 0 radical (unpaired) electrons. The molecule has 5 nitrogen and oxygen atoms in total. The number of amides is 1. The van der Waals surface area contributed by atoms with Gasteiger partial charge in [-0.05, 0) is 23.3 Å². The Bertz CT molecular complexity index is 1140. The normalized spacial score (nSPS) is 21.8. The van der Waals surface area contributed by atoms with Gasteiger partial charge in [0.1, 0.15) is 0 Å². The minimum atomic E-state index is -4.94. The Hall–Kier alpha value is -2.72. The van der Waals surface area contributed by atoms with Crippen molar-refractivity contribution in [1.82, 2.24) is 4.90 Å². The van der Waals surface area contributed by atoms with E-state index < -0.39 is 51.2 Å². The van der Waals surface area contributed by atoms with E-state index in [0.717, 1.165) is 17.0 Å². The zero-order valence-electron chi connectivity index (χ0n) is 16.5. The van der Waals surface area contributed by atoms with Crippen molar-refractivity contribution >= 4 is 41.0 Å². The van der Waals surface area contributed by atoms with Crippen molar-refractivity contribution in [2.75, 3.05) is 13.1 Å². The van der Waals surface area contributed by atoms with E-state index in [-0.39, 0.29) is 29.9 Å². The molecule has 1 fully saturated rings. The molecule has 0 aromatic heterocycles. The maximum absolute atomic E-state index is 15.0. The molecular weight excluding hydrogens is 492 g/mol. The molecule has 2 aliphatic rings. The molecule has 2 aromatic carbocycles. The summed E-state index contributed by atoms with van der Waals surface area (Å²) in [6, 6.07) is 7.17. The van der Waals surface area contributed by atoms with Crippen LogP contribution < -0.4 is 0 Å². The molecule has 2 aliphatic heterocycles. The van der Waals surface area contributed by atoms with Gasteiger partial charge in [0.2, 0.25) is 0 Å². The van der Waals surface area contributed by atoms with Crippen LogP contribution in [0.4, 0.5) is 22.0 Å². The third-order valence-electron chi connectivity index (χ3n) is 5.69. The van der Waals surface area contributed by atoms with Gasteiger partial charge in [-0.25, -0.2) is 8.78 Å². The number of carbonyl (C=O) groups excluding carboxylic acids is 1. The SMILES string of the molecule is N=CC(=O)N1CC(F)(c2ccc(C3=NOC(c4cc(Cl)c(F)c(Cl)c4)(C(F)(F)F)C3)cc2)C1. The fraction of sp³-hybridized carbons (Fsp3) is 0.286. The highest BCUT2D eigenvalue weighted by atomic mass is 35.5. The van der Waals surface area contributed by atoms with Gasteiger partial charge in [-0.3, -0.25) is 4.79 Å². The van der Waals surface area contributed by atoms with Crippen molar-refractivity contribution in [3.63, 3.8) is 0 Å². The van der Waals surface area contributed by atoms with Gasteiger partial charge in [0.05, 0.1) is 35.1 Å². The lowest BCUT2D eigenvalue weighted by atomic mass is 9.84. The highest BCUT2D eigenvalue weighted by Gasteiger charge is 2.62. The van der Waals surface area contributed by atoms with E-state index in [2.05, 4.69) is 5.16 Å². The van der Waals surface area contributed by atoms with Gasteiger partial charge in [0.25, 0.3) is 11.5 Å². The summed E-state index contributed by atoms with van der Waals surface area (Å²) >= 11 is 11.4. The Morgan fingerprint density at radius 1 is 1.12 bits per heavy atom. The number of hydrogen-bond acceptors (Lipinski definition) is 4. The van der Waals surface area contributed by atoms with E-state index in [1.807, 2.05) is 0 Å². The average molecular weight is 506 g/mol. The molecule has 0 spiro atoms. The van der Waals surface area contributed by atoms with Crippen LogP contribution in [-0.4, -0.2) is 42.0 Å². The summed E-state index contributed by atoms with van der Waals surface area (Å²) in [7, 11) is 0. The number of nitrogens with one attached hydrogen (secondary N) is 1. The molecule has 2 aromatic rings. The number of rotatable bonds is 4. The second-order valence-corrected chi connectivity index (χ2v) is 8.58. The quantitative estimate of drug-likeness (QED) is 0.344. The summed E-state index contributed by atoms with van der Waals surface area (Å²) in [6.07, 6.45) is -5.09. The highest BCUT2D eigenvalue weighted by molar-refractivity contribution is 6.35. The van der Waals surface area contributed by atoms with Crippen LogP contribution in [0.5, 0.6) is 0 Å². The predicted molar refractivity (Wildman–Crippen MR) is 111 cm³/mol. The van der Waals surface area contributed by atoms with Crippen LogP contribution in [0.2, 0.25) is 10.0 Å². The topological polar surface area (TPSA) is 65.8 Å². The van der Waals surface area contributed by atoms with Crippen LogP contribution in [0, 0.1) is 11.2 Å². The molecule has 1 amide bonds. The van der Waals surface area contributed by atoms with Crippen molar-refractivity contribution in [1.29, 1.82) is 5.41 Å². The average Bonchev–Trinajstić information content (AvgIpc) is 3.21. The highest BCUT2D eigenvalue weighted by Crippen LogP contribution is 2.50. The molecule has 1 N–H and O–H groups in total. The third kappa shape index (κ3) is 3.85. The van der Waals surface area contributed by atoms with Crippen molar-refractivity contribution < 1.29 is 31.6 Å². The largest absolute Gasteiger partial charge is 0.435 e. The molecule has 33 heavy (non-hydrogen) atoms. The first-order chi connectivity index (χ1) is 15.4. The predicted octanol–water partition coefficient (Wildman–Crippen LogP) is 5.37. The molecule has 0 saturated carbocycles. The fourth-order valence-corrected chi connectivity index (χ4v) is 4.28. The summed E-state index contributed by atoms with van der Waals surface area (Å²) in [4.78, 5) is 17.5.